The van der Waals surface area contributed by atoms with Crippen molar-refractivity contribution in [1.82, 2.24) is 19.2 Å². The number of nitrogens with zero attached hydrogens (tertiary/aromatic N) is 4. The van der Waals surface area contributed by atoms with Crippen molar-refractivity contribution < 1.29 is 13.2 Å². The lowest BCUT2D eigenvalue weighted by Gasteiger charge is -2.34. The van der Waals surface area contributed by atoms with Crippen LogP contribution in [0.5, 0.6) is 0 Å². The number of halogens is 1. The van der Waals surface area contributed by atoms with E-state index >= 15 is 0 Å². The standard InChI is InChI=1S/C15H15BrN4O3S/c16-13-3-1-2-4-14(13)24(22,23)20-7-5-19(6-8-20)15(21)12-9-17-11-18-10-12/h1-4,9-11H,5-8H2. The van der Waals surface area contributed by atoms with Crippen LogP contribution in [0.4, 0.5) is 0 Å². The molecular weight excluding hydrogens is 396 g/mol. The smallest absolute Gasteiger partial charge is 0.257 e. The minimum atomic E-state index is -3.58. The zero-order valence-corrected chi connectivity index (χ0v) is 15.1. The van der Waals surface area contributed by atoms with Crippen molar-refractivity contribution in [2.75, 3.05) is 26.2 Å². The summed E-state index contributed by atoms with van der Waals surface area (Å²) >= 11 is 3.28. The predicted octanol–water partition coefficient (Wildman–Crippen LogP) is 1.39. The summed E-state index contributed by atoms with van der Waals surface area (Å²) in [5.74, 6) is -0.187. The van der Waals surface area contributed by atoms with Crippen LogP contribution in [0, 0.1) is 0 Å². The van der Waals surface area contributed by atoms with E-state index in [0.717, 1.165) is 0 Å². The van der Waals surface area contributed by atoms with Gasteiger partial charge >= 0.3 is 0 Å². The summed E-state index contributed by atoms with van der Waals surface area (Å²) in [7, 11) is -3.58. The Morgan fingerprint density at radius 2 is 1.67 bits per heavy atom. The second-order valence-corrected chi connectivity index (χ2v) is 8.01. The maximum absolute atomic E-state index is 12.7. The Bertz CT molecular complexity index is 837. The summed E-state index contributed by atoms with van der Waals surface area (Å²) in [5.41, 5.74) is 0.402. The third-order valence-corrected chi connectivity index (χ3v) is 6.70. The Balaban J connectivity index is 1.71. The number of aromatic nitrogens is 2. The molecule has 0 radical (unpaired) electrons. The first kappa shape index (κ1) is 17.0. The van der Waals surface area contributed by atoms with E-state index in [1.165, 1.54) is 23.0 Å². The number of hydrogen-bond donors (Lipinski definition) is 0. The molecule has 7 nitrogen and oxygen atoms in total. The van der Waals surface area contributed by atoms with Gasteiger partial charge in [-0.05, 0) is 28.1 Å². The topological polar surface area (TPSA) is 83.5 Å². The number of piperazine rings is 1. The fourth-order valence-electron chi connectivity index (χ4n) is 2.52. The van der Waals surface area contributed by atoms with Crippen molar-refractivity contribution in [3.05, 3.63) is 53.0 Å². The monoisotopic (exact) mass is 410 g/mol. The van der Waals surface area contributed by atoms with Crippen molar-refractivity contribution >= 4 is 31.9 Å². The highest BCUT2D eigenvalue weighted by Gasteiger charge is 2.31. The average Bonchev–Trinajstić information content (AvgIpc) is 2.62. The van der Waals surface area contributed by atoms with Crippen molar-refractivity contribution in [1.29, 1.82) is 0 Å². The van der Waals surface area contributed by atoms with E-state index in [1.807, 2.05) is 0 Å². The molecule has 3 rings (SSSR count). The van der Waals surface area contributed by atoms with Gasteiger partial charge in [-0.2, -0.15) is 4.31 Å². The quantitative estimate of drug-likeness (QED) is 0.762. The van der Waals surface area contributed by atoms with Gasteiger partial charge in [0.05, 0.1) is 10.5 Å². The third kappa shape index (κ3) is 3.33. The number of rotatable bonds is 3. The first-order valence-electron chi connectivity index (χ1n) is 7.29. The first-order valence-corrected chi connectivity index (χ1v) is 9.52. The van der Waals surface area contributed by atoms with Crippen molar-refractivity contribution in [3.8, 4) is 0 Å². The summed E-state index contributed by atoms with van der Waals surface area (Å²) in [6, 6.07) is 6.72. The van der Waals surface area contributed by atoms with E-state index in [0.29, 0.717) is 23.1 Å². The van der Waals surface area contributed by atoms with E-state index < -0.39 is 10.0 Å². The lowest BCUT2D eigenvalue weighted by Crippen LogP contribution is -2.50. The lowest BCUT2D eigenvalue weighted by atomic mass is 10.2. The first-order chi connectivity index (χ1) is 11.5. The van der Waals surface area contributed by atoms with Gasteiger partial charge in [0.1, 0.15) is 6.33 Å². The summed E-state index contributed by atoms with van der Waals surface area (Å²) in [6.45, 7) is 1.17. The van der Waals surface area contributed by atoms with Crippen molar-refractivity contribution in [2.45, 2.75) is 4.90 Å². The van der Waals surface area contributed by atoms with Gasteiger partial charge in [-0.25, -0.2) is 18.4 Å². The van der Waals surface area contributed by atoms with Gasteiger partial charge < -0.3 is 4.90 Å². The molecule has 1 aliphatic heterocycles. The molecule has 0 saturated carbocycles. The Hall–Kier alpha value is -1.84. The molecule has 1 fully saturated rings. The molecule has 1 amide bonds. The molecule has 1 aromatic carbocycles. The van der Waals surface area contributed by atoms with Gasteiger partial charge in [0.2, 0.25) is 10.0 Å². The normalized spacial score (nSPS) is 16.1. The molecule has 1 aromatic heterocycles. The third-order valence-electron chi connectivity index (χ3n) is 3.79. The largest absolute Gasteiger partial charge is 0.336 e. The van der Waals surface area contributed by atoms with Gasteiger partial charge in [-0.3, -0.25) is 4.79 Å². The maximum atomic E-state index is 12.7. The van der Waals surface area contributed by atoms with Crippen LogP contribution in [-0.4, -0.2) is 59.7 Å². The Kier molecular flexibility index (Phi) is 4.93. The summed E-state index contributed by atoms with van der Waals surface area (Å²) < 4.78 is 27.4. The van der Waals surface area contributed by atoms with Gasteiger partial charge in [-0.1, -0.05) is 12.1 Å². The van der Waals surface area contributed by atoms with Gasteiger partial charge in [-0.15, -0.1) is 0 Å². The SMILES string of the molecule is O=C(c1cncnc1)N1CCN(S(=O)(=O)c2ccccc2Br)CC1. The Morgan fingerprint density at radius 3 is 2.29 bits per heavy atom. The summed E-state index contributed by atoms with van der Waals surface area (Å²) in [4.78, 5) is 21.9. The molecule has 24 heavy (non-hydrogen) atoms. The van der Waals surface area contributed by atoms with Crippen molar-refractivity contribution in [3.63, 3.8) is 0 Å². The van der Waals surface area contributed by atoms with Crippen molar-refractivity contribution in [2.24, 2.45) is 0 Å². The van der Waals surface area contributed by atoms with E-state index in [2.05, 4.69) is 25.9 Å². The molecule has 1 aliphatic rings. The average molecular weight is 411 g/mol. The molecular formula is C15H15BrN4O3S. The van der Waals surface area contributed by atoms with Crippen LogP contribution in [0.15, 0.2) is 52.4 Å². The van der Waals surface area contributed by atoms with E-state index in [4.69, 9.17) is 0 Å². The Morgan fingerprint density at radius 1 is 1.04 bits per heavy atom. The van der Waals surface area contributed by atoms with Gasteiger partial charge in [0.25, 0.3) is 5.91 Å². The van der Waals surface area contributed by atoms with Crippen LogP contribution in [-0.2, 0) is 10.0 Å². The van der Waals surface area contributed by atoms with Gasteiger partial charge in [0, 0.05) is 43.0 Å². The Labute approximate surface area is 148 Å². The molecule has 2 heterocycles. The molecule has 0 unspecified atom stereocenters. The van der Waals surface area contributed by atoms with Crippen LogP contribution in [0.1, 0.15) is 10.4 Å². The lowest BCUT2D eigenvalue weighted by molar-refractivity contribution is 0.0697. The summed E-state index contributed by atoms with van der Waals surface area (Å²) in [5, 5.41) is 0. The zero-order chi connectivity index (χ0) is 17.2. The number of benzene rings is 1. The molecule has 1 saturated heterocycles. The highest BCUT2D eigenvalue weighted by molar-refractivity contribution is 9.10. The highest BCUT2D eigenvalue weighted by Crippen LogP contribution is 2.25. The molecule has 9 heteroatoms. The molecule has 0 bridgehead atoms. The predicted molar refractivity (Wildman–Crippen MR) is 90.8 cm³/mol. The minimum absolute atomic E-state index is 0.187. The number of hydrogen-bond acceptors (Lipinski definition) is 5. The van der Waals surface area contributed by atoms with Crippen LogP contribution in [0.2, 0.25) is 0 Å². The second kappa shape index (κ2) is 6.96. The summed E-state index contributed by atoms with van der Waals surface area (Å²) in [6.07, 6.45) is 4.28. The van der Waals surface area contributed by atoms with Crippen LogP contribution >= 0.6 is 15.9 Å². The maximum Gasteiger partial charge on any atom is 0.257 e. The van der Waals surface area contributed by atoms with E-state index in [-0.39, 0.29) is 23.9 Å². The number of carbonyl (C=O) groups is 1. The fourth-order valence-corrected chi connectivity index (χ4v) is 4.90. The molecule has 2 aromatic rings. The van der Waals surface area contributed by atoms with E-state index in [9.17, 15) is 13.2 Å². The fraction of sp³-hybridized carbons (Fsp3) is 0.267. The van der Waals surface area contributed by atoms with Gasteiger partial charge in [0.15, 0.2) is 0 Å². The second-order valence-electron chi connectivity index (χ2n) is 5.25. The molecule has 0 atom stereocenters. The number of amides is 1. The highest BCUT2D eigenvalue weighted by atomic mass is 79.9. The van der Waals surface area contributed by atoms with Crippen LogP contribution in [0.25, 0.3) is 0 Å². The number of carbonyl (C=O) groups excluding carboxylic acids is 1. The number of sulfonamides is 1. The van der Waals surface area contributed by atoms with Crippen LogP contribution in [0.3, 0.4) is 0 Å². The molecule has 0 aliphatic carbocycles. The van der Waals surface area contributed by atoms with E-state index in [1.54, 1.807) is 29.2 Å². The molecule has 0 spiro atoms. The van der Waals surface area contributed by atoms with Crippen LogP contribution < -0.4 is 0 Å². The molecule has 0 N–H and O–H groups in total. The molecule has 126 valence electrons. The zero-order valence-electron chi connectivity index (χ0n) is 12.7. The minimum Gasteiger partial charge on any atom is -0.336 e.